The number of para-hydroxylation sites is 1. The number of ether oxygens (including phenoxy) is 1. The monoisotopic (exact) mass is 252 g/mol. The molecule has 0 heterocycles. The molecule has 0 bridgehead atoms. The lowest BCUT2D eigenvalue weighted by atomic mass is 10.2. The van der Waals surface area contributed by atoms with Gasteiger partial charge >= 0.3 is 5.97 Å². The largest absolute Gasteiger partial charge is 0.462 e. The lowest BCUT2D eigenvalue weighted by Crippen LogP contribution is -2.21. The molecule has 0 saturated heterocycles. The highest BCUT2D eigenvalue weighted by Crippen LogP contribution is 2.16. The van der Waals surface area contributed by atoms with Gasteiger partial charge in [0.1, 0.15) is 0 Å². The number of anilines is 1. The number of nitrogens with two attached hydrogens (primary N) is 1. The van der Waals surface area contributed by atoms with Crippen LogP contribution in [0.1, 0.15) is 30.1 Å². The Morgan fingerprint density at radius 1 is 1.47 bits per heavy atom. The Kier molecular flexibility index (Phi) is 5.42. The Morgan fingerprint density at radius 2 is 2.18 bits per heavy atom. The van der Waals surface area contributed by atoms with Crippen molar-refractivity contribution in [2.75, 3.05) is 11.9 Å². The quantitative estimate of drug-likeness (QED) is 0.478. The fourth-order valence-corrected chi connectivity index (χ4v) is 1.40. The molecule has 0 saturated carbocycles. The molecule has 0 aliphatic rings. The minimum Gasteiger partial charge on any atom is -0.462 e. The second kappa shape index (κ2) is 6.85. The smallest absolute Gasteiger partial charge is 0.340 e. The SMILES string of the molecule is CCCCOC(=O)c1ccccc1NC(N)=S. The van der Waals surface area contributed by atoms with E-state index in [0.29, 0.717) is 17.9 Å². The first-order chi connectivity index (χ1) is 8.15. The van der Waals surface area contributed by atoms with E-state index in [-0.39, 0.29) is 11.1 Å². The summed E-state index contributed by atoms with van der Waals surface area (Å²) in [5, 5.41) is 2.88. The molecule has 1 aromatic carbocycles. The fourth-order valence-electron chi connectivity index (χ4n) is 1.29. The molecule has 0 atom stereocenters. The van der Waals surface area contributed by atoms with Crippen molar-refractivity contribution in [3.8, 4) is 0 Å². The summed E-state index contributed by atoms with van der Waals surface area (Å²) in [6.07, 6.45) is 1.84. The summed E-state index contributed by atoms with van der Waals surface area (Å²) in [4.78, 5) is 11.8. The van der Waals surface area contributed by atoms with Gasteiger partial charge in [0, 0.05) is 0 Å². The number of benzene rings is 1. The average Bonchev–Trinajstić information content (AvgIpc) is 2.29. The van der Waals surface area contributed by atoms with Gasteiger partial charge in [-0.2, -0.15) is 0 Å². The van der Waals surface area contributed by atoms with E-state index in [0.717, 1.165) is 12.8 Å². The van der Waals surface area contributed by atoms with Crippen LogP contribution in [-0.4, -0.2) is 17.7 Å². The molecule has 3 N–H and O–H groups in total. The number of hydrogen-bond acceptors (Lipinski definition) is 3. The Hall–Kier alpha value is -1.62. The van der Waals surface area contributed by atoms with Gasteiger partial charge < -0.3 is 15.8 Å². The highest BCUT2D eigenvalue weighted by atomic mass is 32.1. The van der Waals surface area contributed by atoms with Crippen molar-refractivity contribution in [1.82, 2.24) is 0 Å². The molecule has 1 aromatic rings. The minimum absolute atomic E-state index is 0.124. The van der Waals surface area contributed by atoms with Gasteiger partial charge in [0.25, 0.3) is 0 Å². The molecular weight excluding hydrogens is 236 g/mol. The van der Waals surface area contributed by atoms with Crippen LogP contribution < -0.4 is 11.1 Å². The highest BCUT2D eigenvalue weighted by Gasteiger charge is 2.12. The van der Waals surface area contributed by atoms with Gasteiger partial charge in [0.15, 0.2) is 5.11 Å². The molecule has 0 fully saturated rings. The molecule has 0 aliphatic heterocycles. The molecule has 0 aliphatic carbocycles. The summed E-state index contributed by atoms with van der Waals surface area (Å²) < 4.78 is 5.13. The number of esters is 1. The topological polar surface area (TPSA) is 64.3 Å². The number of carbonyl (C=O) groups is 1. The van der Waals surface area contributed by atoms with Gasteiger partial charge in [-0.25, -0.2) is 4.79 Å². The summed E-state index contributed by atoms with van der Waals surface area (Å²) in [5.41, 5.74) is 6.40. The highest BCUT2D eigenvalue weighted by molar-refractivity contribution is 7.80. The zero-order valence-electron chi connectivity index (χ0n) is 9.73. The standard InChI is InChI=1S/C12H16N2O2S/c1-2-3-8-16-11(15)9-6-4-5-7-10(9)14-12(13)17/h4-7H,2-3,8H2,1H3,(H3,13,14,17). The third kappa shape index (κ3) is 4.40. The lowest BCUT2D eigenvalue weighted by molar-refractivity contribution is 0.0501. The molecule has 0 amide bonds. The second-order valence-corrected chi connectivity index (χ2v) is 3.96. The van der Waals surface area contributed by atoms with E-state index in [1.54, 1.807) is 24.3 Å². The molecule has 92 valence electrons. The van der Waals surface area contributed by atoms with Crippen molar-refractivity contribution in [3.05, 3.63) is 29.8 Å². The van der Waals surface area contributed by atoms with Crippen LogP contribution in [0.3, 0.4) is 0 Å². The molecule has 4 nitrogen and oxygen atoms in total. The maximum Gasteiger partial charge on any atom is 0.340 e. The van der Waals surface area contributed by atoms with Crippen molar-refractivity contribution in [1.29, 1.82) is 0 Å². The third-order valence-corrected chi connectivity index (χ3v) is 2.24. The van der Waals surface area contributed by atoms with Crippen LogP contribution in [0.2, 0.25) is 0 Å². The van der Waals surface area contributed by atoms with Crippen molar-refractivity contribution < 1.29 is 9.53 Å². The number of carbonyl (C=O) groups excluding carboxylic acids is 1. The molecule has 0 aromatic heterocycles. The lowest BCUT2D eigenvalue weighted by Gasteiger charge is -2.10. The van der Waals surface area contributed by atoms with Crippen molar-refractivity contribution in [2.45, 2.75) is 19.8 Å². The molecule has 1 rings (SSSR count). The van der Waals surface area contributed by atoms with Crippen molar-refractivity contribution >= 4 is 29.0 Å². The van der Waals surface area contributed by atoms with Gasteiger partial charge in [0.05, 0.1) is 17.9 Å². The predicted octanol–water partition coefficient (Wildman–Crippen LogP) is 2.30. The Bertz CT molecular complexity index is 407. The maximum atomic E-state index is 11.8. The first-order valence-corrected chi connectivity index (χ1v) is 5.88. The maximum absolute atomic E-state index is 11.8. The van der Waals surface area contributed by atoms with E-state index in [2.05, 4.69) is 5.32 Å². The number of rotatable bonds is 5. The summed E-state index contributed by atoms with van der Waals surface area (Å²) >= 11 is 4.74. The summed E-state index contributed by atoms with van der Waals surface area (Å²) in [6, 6.07) is 6.97. The molecule has 0 radical (unpaired) electrons. The van der Waals surface area contributed by atoms with Crippen LogP contribution in [0.25, 0.3) is 0 Å². The van der Waals surface area contributed by atoms with Gasteiger partial charge in [-0.1, -0.05) is 25.5 Å². The molecule has 5 heteroatoms. The van der Waals surface area contributed by atoms with E-state index in [1.807, 2.05) is 6.92 Å². The van der Waals surface area contributed by atoms with Crippen LogP contribution in [-0.2, 0) is 4.74 Å². The van der Waals surface area contributed by atoms with E-state index in [9.17, 15) is 4.79 Å². The fraction of sp³-hybridized carbons (Fsp3) is 0.333. The van der Waals surface area contributed by atoms with Gasteiger partial charge in [-0.15, -0.1) is 0 Å². The van der Waals surface area contributed by atoms with Crippen LogP contribution in [0, 0.1) is 0 Å². The van der Waals surface area contributed by atoms with E-state index in [1.165, 1.54) is 0 Å². The zero-order chi connectivity index (χ0) is 12.7. The van der Waals surface area contributed by atoms with Gasteiger partial charge in [-0.05, 0) is 30.8 Å². The number of thiocarbonyl (C=S) groups is 1. The molecule has 0 unspecified atom stereocenters. The average molecular weight is 252 g/mol. The van der Waals surface area contributed by atoms with E-state index >= 15 is 0 Å². The second-order valence-electron chi connectivity index (χ2n) is 3.52. The Morgan fingerprint density at radius 3 is 2.82 bits per heavy atom. The van der Waals surface area contributed by atoms with Crippen molar-refractivity contribution in [3.63, 3.8) is 0 Å². The van der Waals surface area contributed by atoms with Crippen LogP contribution in [0.4, 0.5) is 5.69 Å². The Balaban J connectivity index is 2.74. The normalized spacial score (nSPS) is 9.71. The number of nitrogens with one attached hydrogen (secondary N) is 1. The summed E-state index contributed by atoms with van der Waals surface area (Å²) in [7, 11) is 0. The van der Waals surface area contributed by atoms with E-state index in [4.69, 9.17) is 22.7 Å². The van der Waals surface area contributed by atoms with Gasteiger partial charge in [0.2, 0.25) is 0 Å². The molecular formula is C12H16N2O2S. The predicted molar refractivity (Wildman–Crippen MR) is 72.0 cm³/mol. The summed E-state index contributed by atoms with van der Waals surface area (Å²) in [5.74, 6) is -0.363. The molecule has 17 heavy (non-hydrogen) atoms. The Labute approximate surface area is 106 Å². The number of hydrogen-bond donors (Lipinski definition) is 2. The van der Waals surface area contributed by atoms with Crippen LogP contribution in [0.5, 0.6) is 0 Å². The first kappa shape index (κ1) is 13.4. The molecule has 0 spiro atoms. The van der Waals surface area contributed by atoms with Crippen molar-refractivity contribution in [2.24, 2.45) is 5.73 Å². The summed E-state index contributed by atoms with van der Waals surface area (Å²) in [6.45, 7) is 2.47. The zero-order valence-corrected chi connectivity index (χ0v) is 10.5. The van der Waals surface area contributed by atoms with Crippen LogP contribution in [0.15, 0.2) is 24.3 Å². The minimum atomic E-state index is -0.363. The van der Waals surface area contributed by atoms with Crippen LogP contribution >= 0.6 is 12.2 Å². The third-order valence-electron chi connectivity index (χ3n) is 2.14. The van der Waals surface area contributed by atoms with Gasteiger partial charge in [-0.3, -0.25) is 0 Å². The number of unbranched alkanes of at least 4 members (excludes halogenated alkanes) is 1. The van der Waals surface area contributed by atoms with E-state index < -0.39 is 0 Å². The first-order valence-electron chi connectivity index (χ1n) is 5.47.